The second-order valence-corrected chi connectivity index (χ2v) is 6.47. The number of benzene rings is 1. The molecule has 7 heteroatoms. The summed E-state index contributed by atoms with van der Waals surface area (Å²) in [5.74, 6) is 0.718. The van der Waals surface area contributed by atoms with Crippen LogP contribution in [0.5, 0.6) is 0 Å². The first-order valence-corrected chi connectivity index (χ1v) is 8.31. The molecule has 0 aliphatic heterocycles. The Hall–Kier alpha value is -2.18. The molecule has 3 rings (SSSR count). The van der Waals surface area contributed by atoms with Gasteiger partial charge in [-0.2, -0.15) is 14.9 Å². The van der Waals surface area contributed by atoms with E-state index in [0.29, 0.717) is 4.77 Å². The van der Waals surface area contributed by atoms with Crippen molar-refractivity contribution in [2.24, 2.45) is 5.10 Å². The molecule has 2 aromatic heterocycles. The van der Waals surface area contributed by atoms with Crippen LogP contribution in [-0.4, -0.2) is 25.7 Å². The molecule has 3 aromatic rings. The Morgan fingerprint density at radius 3 is 2.67 bits per heavy atom. The molecular formula is C17H18ClN5S. The summed E-state index contributed by atoms with van der Waals surface area (Å²) in [6.45, 7) is 8.01. The van der Waals surface area contributed by atoms with E-state index < -0.39 is 0 Å². The summed E-state index contributed by atoms with van der Waals surface area (Å²) in [7, 11) is 0. The number of aryl methyl sites for hydroxylation is 2. The number of nitrogens with one attached hydrogen (secondary N) is 1. The van der Waals surface area contributed by atoms with E-state index in [9.17, 15) is 0 Å². The lowest BCUT2D eigenvalue weighted by molar-refractivity contribution is 0.820. The number of hydrogen-bond acceptors (Lipinski definition) is 3. The van der Waals surface area contributed by atoms with Gasteiger partial charge in [-0.1, -0.05) is 17.7 Å². The zero-order valence-electron chi connectivity index (χ0n) is 14.0. The summed E-state index contributed by atoms with van der Waals surface area (Å²) in [6.07, 6.45) is 1.80. The third-order valence-electron chi connectivity index (χ3n) is 4.07. The third kappa shape index (κ3) is 2.83. The van der Waals surface area contributed by atoms with Crippen LogP contribution in [0.15, 0.2) is 29.4 Å². The highest BCUT2D eigenvalue weighted by atomic mass is 35.5. The van der Waals surface area contributed by atoms with Gasteiger partial charge in [0.2, 0.25) is 4.77 Å². The van der Waals surface area contributed by atoms with Crippen molar-refractivity contribution in [3.8, 4) is 5.69 Å². The van der Waals surface area contributed by atoms with Crippen LogP contribution in [0.25, 0.3) is 5.69 Å². The molecule has 0 aliphatic carbocycles. The number of nitrogens with zero attached hydrogens (tertiary/aromatic N) is 4. The van der Waals surface area contributed by atoms with Crippen molar-refractivity contribution in [1.29, 1.82) is 0 Å². The minimum absolute atomic E-state index is 0.475. The van der Waals surface area contributed by atoms with Gasteiger partial charge in [0.25, 0.3) is 0 Å². The van der Waals surface area contributed by atoms with E-state index in [4.69, 9.17) is 23.8 Å². The minimum Gasteiger partial charge on any atom is -0.318 e. The molecule has 124 valence electrons. The topological polar surface area (TPSA) is 50.9 Å². The number of aromatic amines is 1. The molecule has 24 heavy (non-hydrogen) atoms. The molecule has 5 nitrogen and oxygen atoms in total. The normalized spacial score (nSPS) is 11.5. The van der Waals surface area contributed by atoms with Gasteiger partial charge in [0, 0.05) is 27.7 Å². The first-order chi connectivity index (χ1) is 11.4. The van der Waals surface area contributed by atoms with Gasteiger partial charge in [0.15, 0.2) is 0 Å². The number of H-pyrrole nitrogens is 1. The summed E-state index contributed by atoms with van der Waals surface area (Å²) in [5.41, 5.74) is 5.36. The van der Waals surface area contributed by atoms with Crippen molar-refractivity contribution in [1.82, 2.24) is 19.4 Å². The number of hydrogen-bond donors (Lipinski definition) is 1. The first kappa shape index (κ1) is 16.7. The van der Waals surface area contributed by atoms with Crippen LogP contribution in [0, 0.1) is 32.5 Å². The molecular weight excluding hydrogens is 342 g/mol. The number of aromatic nitrogens is 4. The maximum atomic E-state index is 6.27. The predicted octanol–water partition coefficient (Wildman–Crippen LogP) is 4.50. The van der Waals surface area contributed by atoms with Gasteiger partial charge in [-0.05, 0) is 63.7 Å². The first-order valence-electron chi connectivity index (χ1n) is 7.53. The van der Waals surface area contributed by atoms with Gasteiger partial charge in [-0.3, -0.25) is 5.10 Å². The van der Waals surface area contributed by atoms with E-state index in [2.05, 4.69) is 45.8 Å². The fourth-order valence-electron chi connectivity index (χ4n) is 2.75. The fraction of sp³-hybridized carbons (Fsp3) is 0.235. The van der Waals surface area contributed by atoms with Gasteiger partial charge in [0.1, 0.15) is 5.82 Å². The average Bonchev–Trinajstić information content (AvgIpc) is 3.00. The second kappa shape index (κ2) is 6.37. The van der Waals surface area contributed by atoms with Crippen molar-refractivity contribution in [3.05, 3.63) is 62.4 Å². The molecule has 0 atom stereocenters. The van der Waals surface area contributed by atoms with E-state index in [0.717, 1.165) is 39.0 Å². The van der Waals surface area contributed by atoms with Crippen molar-refractivity contribution in [2.75, 3.05) is 0 Å². The Bertz CT molecular complexity index is 993. The van der Waals surface area contributed by atoms with Crippen molar-refractivity contribution >= 4 is 30.0 Å². The van der Waals surface area contributed by atoms with Gasteiger partial charge in [-0.25, -0.2) is 0 Å². The Balaban J connectivity index is 2.07. The summed E-state index contributed by atoms with van der Waals surface area (Å²) in [6, 6.07) is 8.03. The van der Waals surface area contributed by atoms with Crippen LogP contribution in [-0.2, 0) is 0 Å². The summed E-state index contributed by atoms with van der Waals surface area (Å²) in [5, 5.41) is 12.0. The third-order valence-corrected chi connectivity index (χ3v) is 4.75. The molecule has 0 radical (unpaired) electrons. The van der Waals surface area contributed by atoms with E-state index in [1.807, 2.05) is 26.0 Å². The van der Waals surface area contributed by atoms with Crippen LogP contribution in [0.2, 0.25) is 5.02 Å². The van der Waals surface area contributed by atoms with E-state index in [1.54, 1.807) is 10.9 Å². The fourth-order valence-corrected chi connectivity index (χ4v) is 3.15. The molecule has 1 aromatic carbocycles. The van der Waals surface area contributed by atoms with Crippen LogP contribution < -0.4 is 0 Å². The van der Waals surface area contributed by atoms with E-state index in [1.165, 1.54) is 0 Å². The van der Waals surface area contributed by atoms with Crippen molar-refractivity contribution in [2.45, 2.75) is 27.7 Å². The highest BCUT2D eigenvalue weighted by molar-refractivity contribution is 7.71. The lowest BCUT2D eigenvalue weighted by Crippen LogP contribution is -2.02. The van der Waals surface area contributed by atoms with Crippen molar-refractivity contribution < 1.29 is 0 Å². The maximum Gasteiger partial charge on any atom is 0.216 e. The zero-order chi connectivity index (χ0) is 17.4. The van der Waals surface area contributed by atoms with Crippen LogP contribution in [0.1, 0.15) is 28.3 Å². The molecule has 0 fully saturated rings. The van der Waals surface area contributed by atoms with Crippen LogP contribution >= 0.6 is 23.8 Å². The maximum absolute atomic E-state index is 6.27. The molecule has 0 amide bonds. The molecule has 0 saturated carbocycles. The minimum atomic E-state index is 0.475. The largest absolute Gasteiger partial charge is 0.318 e. The standard InChI is InChI=1S/C17H18ClN5S/c1-10-8-14(9-19-23-13(4)20-21-17(23)24)12(3)22(10)16-7-5-6-15(18)11(16)2/h5-9H,1-4H3,(H,21,24)/b19-9-. The van der Waals surface area contributed by atoms with E-state index in [-0.39, 0.29) is 0 Å². The number of rotatable bonds is 3. The molecule has 0 spiro atoms. The van der Waals surface area contributed by atoms with Gasteiger partial charge in [0.05, 0.1) is 6.21 Å². The quantitative estimate of drug-likeness (QED) is 0.553. The summed E-state index contributed by atoms with van der Waals surface area (Å²) < 4.78 is 4.26. The summed E-state index contributed by atoms with van der Waals surface area (Å²) >= 11 is 11.4. The highest BCUT2D eigenvalue weighted by Crippen LogP contribution is 2.26. The number of halogens is 1. The van der Waals surface area contributed by atoms with Gasteiger partial charge in [-0.15, -0.1) is 0 Å². The molecule has 0 aliphatic rings. The van der Waals surface area contributed by atoms with Crippen molar-refractivity contribution in [3.63, 3.8) is 0 Å². The van der Waals surface area contributed by atoms with Gasteiger partial charge < -0.3 is 4.57 Å². The monoisotopic (exact) mass is 359 g/mol. The Morgan fingerprint density at radius 1 is 1.25 bits per heavy atom. The second-order valence-electron chi connectivity index (χ2n) is 5.68. The van der Waals surface area contributed by atoms with Crippen LogP contribution in [0.3, 0.4) is 0 Å². The van der Waals surface area contributed by atoms with Crippen LogP contribution in [0.4, 0.5) is 0 Å². The Labute approximate surface area is 150 Å². The average molecular weight is 360 g/mol. The Kier molecular flexibility index (Phi) is 4.43. The van der Waals surface area contributed by atoms with E-state index >= 15 is 0 Å². The lowest BCUT2D eigenvalue weighted by Gasteiger charge is -2.13. The molecule has 2 heterocycles. The van der Waals surface area contributed by atoms with Gasteiger partial charge >= 0.3 is 0 Å². The SMILES string of the molecule is Cc1c(Cl)cccc1-n1c(C)cc(/C=N\n2c(C)n[nH]c2=S)c1C. The molecule has 1 N–H and O–H groups in total. The lowest BCUT2D eigenvalue weighted by atomic mass is 10.2. The molecule has 0 saturated heterocycles. The highest BCUT2D eigenvalue weighted by Gasteiger charge is 2.12. The Morgan fingerprint density at radius 2 is 2.00 bits per heavy atom. The smallest absolute Gasteiger partial charge is 0.216 e. The predicted molar refractivity (Wildman–Crippen MR) is 100 cm³/mol. The molecule has 0 unspecified atom stereocenters. The zero-order valence-corrected chi connectivity index (χ0v) is 15.5. The summed E-state index contributed by atoms with van der Waals surface area (Å²) in [4.78, 5) is 0. The molecule has 0 bridgehead atoms.